The minimum Gasteiger partial charge on any atom is -0.467 e. The second kappa shape index (κ2) is 6.89. The first-order chi connectivity index (χ1) is 9.00. The molecule has 0 bridgehead atoms. The molecule has 110 valence electrons. The van der Waals surface area contributed by atoms with Crippen molar-refractivity contribution in [2.75, 3.05) is 13.7 Å². The Kier molecular flexibility index (Phi) is 5.79. The molecule has 0 radical (unpaired) electrons. The Hall–Kier alpha value is -1.10. The number of amides is 1. The smallest absolute Gasteiger partial charge is 0.328 e. The van der Waals surface area contributed by atoms with Crippen molar-refractivity contribution in [2.24, 2.45) is 5.92 Å². The van der Waals surface area contributed by atoms with Gasteiger partial charge in [-0.3, -0.25) is 4.79 Å². The summed E-state index contributed by atoms with van der Waals surface area (Å²) in [4.78, 5) is 24.3. The van der Waals surface area contributed by atoms with Crippen LogP contribution in [-0.2, 0) is 14.3 Å². The van der Waals surface area contributed by atoms with Crippen LogP contribution < -0.4 is 10.6 Å². The maximum absolute atomic E-state index is 12.5. The average molecular weight is 270 g/mol. The van der Waals surface area contributed by atoms with E-state index in [9.17, 15) is 9.59 Å². The first-order valence-corrected chi connectivity index (χ1v) is 7.14. The predicted octanol–water partition coefficient (Wildman–Crippen LogP) is 1.22. The van der Waals surface area contributed by atoms with E-state index in [-0.39, 0.29) is 17.8 Å². The van der Waals surface area contributed by atoms with Crippen LogP contribution in [0.5, 0.6) is 0 Å². The zero-order valence-electron chi connectivity index (χ0n) is 12.4. The molecule has 5 heteroatoms. The second-order valence-electron chi connectivity index (χ2n) is 5.33. The number of carbonyl (C=O) groups excluding carboxylic acids is 2. The van der Waals surface area contributed by atoms with Crippen molar-refractivity contribution in [2.45, 2.75) is 58.0 Å². The number of esters is 1. The molecular weight excluding hydrogens is 244 g/mol. The molecule has 1 rings (SSSR count). The summed E-state index contributed by atoms with van der Waals surface area (Å²) in [6, 6.07) is -0.562. The monoisotopic (exact) mass is 270 g/mol. The first-order valence-electron chi connectivity index (χ1n) is 7.14. The van der Waals surface area contributed by atoms with Crippen molar-refractivity contribution >= 4 is 11.9 Å². The quantitative estimate of drug-likeness (QED) is 0.712. The lowest BCUT2D eigenvalue weighted by Crippen LogP contribution is -2.58. The van der Waals surface area contributed by atoms with Crippen LogP contribution in [0.15, 0.2) is 0 Å². The Bertz CT molecular complexity index is 325. The summed E-state index contributed by atoms with van der Waals surface area (Å²) in [5, 5.41) is 6.15. The molecule has 0 aromatic heterocycles. The van der Waals surface area contributed by atoms with Crippen molar-refractivity contribution in [1.82, 2.24) is 10.6 Å². The third-order valence-corrected chi connectivity index (χ3v) is 4.24. The largest absolute Gasteiger partial charge is 0.467 e. The molecular formula is C14H26N2O3. The lowest BCUT2D eigenvalue weighted by molar-refractivity contribution is -0.147. The highest BCUT2D eigenvalue weighted by molar-refractivity contribution is 5.90. The van der Waals surface area contributed by atoms with Crippen molar-refractivity contribution in [3.05, 3.63) is 0 Å². The van der Waals surface area contributed by atoms with Crippen molar-refractivity contribution in [3.8, 4) is 0 Å². The van der Waals surface area contributed by atoms with Gasteiger partial charge in [-0.15, -0.1) is 0 Å². The summed E-state index contributed by atoms with van der Waals surface area (Å²) in [7, 11) is 1.35. The van der Waals surface area contributed by atoms with E-state index in [1.165, 1.54) is 7.11 Å². The van der Waals surface area contributed by atoms with Crippen LogP contribution in [0.4, 0.5) is 0 Å². The molecule has 1 saturated heterocycles. The Labute approximate surface area is 115 Å². The number of hydrogen-bond donors (Lipinski definition) is 2. The maximum Gasteiger partial charge on any atom is 0.328 e. The fraction of sp³-hybridized carbons (Fsp3) is 0.857. The third-order valence-electron chi connectivity index (χ3n) is 4.24. The van der Waals surface area contributed by atoms with Crippen LogP contribution in [0.1, 0.15) is 46.5 Å². The van der Waals surface area contributed by atoms with E-state index in [0.717, 1.165) is 32.2 Å². The minimum atomic E-state index is -0.562. The van der Waals surface area contributed by atoms with E-state index in [1.807, 2.05) is 20.8 Å². The average Bonchev–Trinajstić information content (AvgIpc) is 2.92. The summed E-state index contributed by atoms with van der Waals surface area (Å²) < 4.78 is 4.79. The van der Waals surface area contributed by atoms with Gasteiger partial charge in [0, 0.05) is 0 Å². The fourth-order valence-corrected chi connectivity index (χ4v) is 2.54. The van der Waals surface area contributed by atoms with E-state index >= 15 is 0 Å². The SMILES string of the molecule is CCC(C)C(NC(=O)C1(CC)CCCN1)C(=O)OC. The molecule has 0 saturated carbocycles. The molecule has 0 aromatic rings. The Morgan fingerprint density at radius 1 is 1.42 bits per heavy atom. The Morgan fingerprint density at radius 2 is 2.11 bits per heavy atom. The lowest BCUT2D eigenvalue weighted by Gasteiger charge is -2.30. The molecule has 1 fully saturated rings. The molecule has 3 atom stereocenters. The number of hydrogen-bond acceptors (Lipinski definition) is 4. The first kappa shape index (κ1) is 16.0. The summed E-state index contributed by atoms with van der Waals surface area (Å²) in [6.45, 7) is 6.79. The number of rotatable bonds is 6. The molecule has 1 heterocycles. The van der Waals surface area contributed by atoms with E-state index in [4.69, 9.17) is 4.74 Å². The summed E-state index contributed by atoms with van der Waals surface area (Å²) in [5.74, 6) is -0.387. The zero-order chi connectivity index (χ0) is 14.5. The lowest BCUT2D eigenvalue weighted by atomic mass is 9.91. The van der Waals surface area contributed by atoms with Gasteiger partial charge >= 0.3 is 5.97 Å². The molecule has 0 aliphatic carbocycles. The van der Waals surface area contributed by atoms with Gasteiger partial charge in [0.1, 0.15) is 6.04 Å². The van der Waals surface area contributed by atoms with Gasteiger partial charge in [0.2, 0.25) is 5.91 Å². The number of ether oxygens (including phenoxy) is 1. The van der Waals surface area contributed by atoms with Gasteiger partial charge < -0.3 is 15.4 Å². The van der Waals surface area contributed by atoms with Crippen LogP contribution >= 0.6 is 0 Å². The standard InChI is InChI=1S/C14H26N2O3/c1-5-10(3)11(12(17)19-4)16-13(18)14(6-2)8-7-9-15-14/h10-11,15H,5-9H2,1-4H3,(H,16,18). The summed E-state index contributed by atoms with van der Waals surface area (Å²) >= 11 is 0. The fourth-order valence-electron chi connectivity index (χ4n) is 2.54. The van der Waals surface area contributed by atoms with Gasteiger partial charge in [0.25, 0.3) is 0 Å². The molecule has 19 heavy (non-hydrogen) atoms. The van der Waals surface area contributed by atoms with Gasteiger partial charge in [-0.05, 0) is 31.7 Å². The third kappa shape index (κ3) is 3.47. The minimum absolute atomic E-state index is 0.0618. The van der Waals surface area contributed by atoms with Gasteiger partial charge in [-0.2, -0.15) is 0 Å². The molecule has 2 N–H and O–H groups in total. The molecule has 1 aliphatic heterocycles. The van der Waals surface area contributed by atoms with Crippen LogP contribution in [0.25, 0.3) is 0 Å². The topological polar surface area (TPSA) is 67.4 Å². The van der Waals surface area contributed by atoms with Crippen LogP contribution in [-0.4, -0.2) is 37.1 Å². The van der Waals surface area contributed by atoms with Gasteiger partial charge in [0.05, 0.1) is 12.6 Å². The van der Waals surface area contributed by atoms with Crippen LogP contribution in [0.2, 0.25) is 0 Å². The van der Waals surface area contributed by atoms with Gasteiger partial charge in [-0.1, -0.05) is 27.2 Å². The number of methoxy groups -OCH3 is 1. The molecule has 0 aromatic carbocycles. The van der Waals surface area contributed by atoms with Gasteiger partial charge in [-0.25, -0.2) is 4.79 Å². The number of nitrogens with one attached hydrogen (secondary N) is 2. The molecule has 1 amide bonds. The molecule has 5 nitrogen and oxygen atoms in total. The predicted molar refractivity (Wildman–Crippen MR) is 73.7 cm³/mol. The van der Waals surface area contributed by atoms with E-state index in [0.29, 0.717) is 0 Å². The van der Waals surface area contributed by atoms with Crippen molar-refractivity contribution in [1.29, 1.82) is 0 Å². The van der Waals surface area contributed by atoms with Crippen molar-refractivity contribution < 1.29 is 14.3 Å². The van der Waals surface area contributed by atoms with Crippen molar-refractivity contribution in [3.63, 3.8) is 0 Å². The number of carbonyl (C=O) groups is 2. The molecule has 1 aliphatic rings. The summed E-state index contributed by atoms with van der Waals surface area (Å²) in [5.41, 5.74) is -0.514. The van der Waals surface area contributed by atoms with E-state index in [1.54, 1.807) is 0 Å². The Balaban J connectivity index is 2.78. The van der Waals surface area contributed by atoms with Crippen LogP contribution in [0.3, 0.4) is 0 Å². The van der Waals surface area contributed by atoms with E-state index < -0.39 is 11.6 Å². The normalized spacial score (nSPS) is 25.7. The van der Waals surface area contributed by atoms with Crippen LogP contribution in [0, 0.1) is 5.92 Å². The highest BCUT2D eigenvalue weighted by atomic mass is 16.5. The summed E-state index contributed by atoms with van der Waals surface area (Å²) in [6.07, 6.45) is 3.36. The zero-order valence-corrected chi connectivity index (χ0v) is 12.4. The van der Waals surface area contributed by atoms with Gasteiger partial charge in [0.15, 0.2) is 0 Å². The Morgan fingerprint density at radius 3 is 2.53 bits per heavy atom. The molecule has 3 unspecified atom stereocenters. The second-order valence-corrected chi connectivity index (χ2v) is 5.33. The maximum atomic E-state index is 12.5. The highest BCUT2D eigenvalue weighted by Crippen LogP contribution is 2.24. The highest BCUT2D eigenvalue weighted by Gasteiger charge is 2.41. The van der Waals surface area contributed by atoms with E-state index in [2.05, 4.69) is 10.6 Å². The molecule has 0 spiro atoms.